The molecule has 2 heteroatoms. The molecule has 1 heterocycles. The number of nitrogens with zero attached hydrogens (tertiary/aromatic N) is 1. The van der Waals surface area contributed by atoms with Crippen LogP contribution >= 0.6 is 0 Å². The molecule has 0 unspecified atom stereocenters. The maximum Gasteiger partial charge on any atom is 0.220 e. The van der Waals surface area contributed by atoms with E-state index in [0.29, 0.717) is 0 Å². The second-order valence-corrected chi connectivity index (χ2v) is 5.74. The lowest BCUT2D eigenvalue weighted by Crippen LogP contribution is -2.35. The van der Waals surface area contributed by atoms with Crippen LogP contribution in [0.25, 0.3) is 22.0 Å². The molecule has 106 valence electrons. The number of fused-ring (bicyclic) bond motifs is 1. The standard InChI is InChI=1S/C19H19FN/c1-12-5-6-13(2)18(9-12)19-17-8-7-16(20)11-15(17)10-14(3)21(19)4/h5-11H,1-4H3/q+1. The van der Waals surface area contributed by atoms with E-state index < -0.39 is 0 Å². The highest BCUT2D eigenvalue weighted by Crippen LogP contribution is 2.29. The van der Waals surface area contributed by atoms with Gasteiger partial charge in [-0.3, -0.25) is 0 Å². The molecule has 0 radical (unpaired) electrons. The van der Waals surface area contributed by atoms with Crippen molar-refractivity contribution in [2.45, 2.75) is 20.8 Å². The summed E-state index contributed by atoms with van der Waals surface area (Å²) in [6.07, 6.45) is 0. The van der Waals surface area contributed by atoms with Gasteiger partial charge < -0.3 is 0 Å². The third kappa shape index (κ3) is 2.31. The molecule has 0 N–H and O–H groups in total. The molecule has 2 aromatic carbocycles. The number of halogens is 1. The minimum Gasteiger partial charge on any atom is -0.207 e. The maximum absolute atomic E-state index is 13.5. The van der Waals surface area contributed by atoms with Crippen molar-refractivity contribution in [3.8, 4) is 11.3 Å². The van der Waals surface area contributed by atoms with Crippen LogP contribution in [0.1, 0.15) is 16.8 Å². The zero-order valence-electron chi connectivity index (χ0n) is 12.9. The molecule has 0 atom stereocenters. The van der Waals surface area contributed by atoms with Gasteiger partial charge in [0, 0.05) is 18.6 Å². The van der Waals surface area contributed by atoms with Gasteiger partial charge >= 0.3 is 0 Å². The smallest absolute Gasteiger partial charge is 0.207 e. The van der Waals surface area contributed by atoms with Gasteiger partial charge in [0.1, 0.15) is 12.9 Å². The number of aryl methyl sites for hydroxylation is 3. The van der Waals surface area contributed by atoms with Crippen LogP contribution in [0.3, 0.4) is 0 Å². The number of benzene rings is 2. The van der Waals surface area contributed by atoms with Crippen LogP contribution in [0.15, 0.2) is 42.5 Å². The van der Waals surface area contributed by atoms with E-state index in [0.717, 1.165) is 22.2 Å². The summed E-state index contributed by atoms with van der Waals surface area (Å²) in [5, 5.41) is 2.03. The summed E-state index contributed by atoms with van der Waals surface area (Å²) in [5.41, 5.74) is 5.92. The molecule has 0 bridgehead atoms. The van der Waals surface area contributed by atoms with Crippen LogP contribution in [-0.4, -0.2) is 0 Å². The Morgan fingerprint density at radius 2 is 1.67 bits per heavy atom. The Bertz CT molecular complexity index is 850. The molecule has 1 nitrogen and oxygen atoms in total. The fourth-order valence-corrected chi connectivity index (χ4v) is 2.86. The number of aromatic nitrogens is 1. The van der Waals surface area contributed by atoms with Crippen LogP contribution in [0, 0.1) is 26.6 Å². The average Bonchev–Trinajstić information content (AvgIpc) is 2.44. The van der Waals surface area contributed by atoms with Crippen molar-refractivity contribution < 1.29 is 8.96 Å². The molecule has 0 aliphatic rings. The first-order valence-electron chi connectivity index (χ1n) is 7.14. The first-order chi connectivity index (χ1) is 9.97. The van der Waals surface area contributed by atoms with E-state index in [1.165, 1.54) is 22.8 Å². The third-order valence-corrected chi connectivity index (χ3v) is 4.15. The summed E-state index contributed by atoms with van der Waals surface area (Å²) in [4.78, 5) is 0. The van der Waals surface area contributed by atoms with Gasteiger partial charge in [-0.1, -0.05) is 17.7 Å². The van der Waals surface area contributed by atoms with Crippen molar-refractivity contribution in [1.82, 2.24) is 0 Å². The zero-order chi connectivity index (χ0) is 15.1. The number of hydrogen-bond donors (Lipinski definition) is 0. The van der Waals surface area contributed by atoms with Crippen LogP contribution < -0.4 is 4.57 Å². The van der Waals surface area contributed by atoms with Crippen molar-refractivity contribution in [3.05, 3.63) is 65.1 Å². The fourth-order valence-electron chi connectivity index (χ4n) is 2.86. The molecular weight excluding hydrogens is 261 g/mol. The van der Waals surface area contributed by atoms with E-state index in [-0.39, 0.29) is 5.82 Å². The highest BCUT2D eigenvalue weighted by Gasteiger charge is 2.19. The quantitative estimate of drug-likeness (QED) is 0.582. The van der Waals surface area contributed by atoms with Crippen LogP contribution in [0.5, 0.6) is 0 Å². The van der Waals surface area contributed by atoms with Gasteiger partial charge in [-0.2, -0.15) is 4.57 Å². The molecule has 1 aromatic heterocycles. The highest BCUT2D eigenvalue weighted by molar-refractivity contribution is 5.94. The maximum atomic E-state index is 13.5. The number of rotatable bonds is 1. The van der Waals surface area contributed by atoms with E-state index in [1.807, 2.05) is 12.1 Å². The zero-order valence-corrected chi connectivity index (χ0v) is 12.9. The van der Waals surface area contributed by atoms with Gasteiger partial charge in [-0.25, -0.2) is 4.39 Å². The largest absolute Gasteiger partial charge is 0.220 e. The predicted molar refractivity (Wildman–Crippen MR) is 84.7 cm³/mol. The first kappa shape index (κ1) is 13.7. The second-order valence-electron chi connectivity index (χ2n) is 5.74. The number of pyridine rings is 1. The van der Waals surface area contributed by atoms with Gasteiger partial charge in [0.2, 0.25) is 5.69 Å². The second kappa shape index (κ2) is 4.96. The van der Waals surface area contributed by atoms with Crippen molar-refractivity contribution in [1.29, 1.82) is 0 Å². The van der Waals surface area contributed by atoms with Crippen molar-refractivity contribution >= 4 is 10.8 Å². The normalized spacial score (nSPS) is 11.1. The summed E-state index contributed by atoms with van der Waals surface area (Å²) in [6, 6.07) is 13.5. The van der Waals surface area contributed by atoms with Gasteiger partial charge in [0.25, 0.3) is 0 Å². The molecule has 0 aliphatic heterocycles. The molecular formula is C19H19FN+. The summed E-state index contributed by atoms with van der Waals surface area (Å²) in [5.74, 6) is -0.192. The molecule has 0 spiro atoms. The Labute approximate surface area is 124 Å². The Morgan fingerprint density at radius 3 is 2.43 bits per heavy atom. The summed E-state index contributed by atoms with van der Waals surface area (Å²) in [7, 11) is 2.06. The number of hydrogen-bond acceptors (Lipinski definition) is 0. The lowest BCUT2D eigenvalue weighted by molar-refractivity contribution is -0.665. The Kier molecular flexibility index (Phi) is 3.25. The van der Waals surface area contributed by atoms with E-state index in [9.17, 15) is 4.39 Å². The molecule has 0 saturated carbocycles. The molecule has 0 fully saturated rings. The first-order valence-corrected chi connectivity index (χ1v) is 7.14. The Morgan fingerprint density at radius 1 is 0.905 bits per heavy atom. The molecule has 3 rings (SSSR count). The average molecular weight is 280 g/mol. The molecule has 3 aromatic rings. The lowest BCUT2D eigenvalue weighted by atomic mass is 9.97. The van der Waals surface area contributed by atoms with Crippen LogP contribution in [-0.2, 0) is 7.05 Å². The molecule has 0 saturated heterocycles. The van der Waals surface area contributed by atoms with Gasteiger partial charge in [-0.05, 0) is 49.1 Å². The molecule has 0 amide bonds. The van der Waals surface area contributed by atoms with Gasteiger partial charge in [-0.15, -0.1) is 0 Å². The van der Waals surface area contributed by atoms with E-state index in [4.69, 9.17) is 0 Å². The van der Waals surface area contributed by atoms with E-state index in [2.05, 4.69) is 50.6 Å². The van der Waals surface area contributed by atoms with Crippen molar-refractivity contribution in [3.63, 3.8) is 0 Å². The van der Waals surface area contributed by atoms with Crippen LogP contribution in [0.4, 0.5) is 4.39 Å². The summed E-state index contributed by atoms with van der Waals surface area (Å²) < 4.78 is 15.7. The highest BCUT2D eigenvalue weighted by atomic mass is 19.1. The third-order valence-electron chi connectivity index (χ3n) is 4.15. The fraction of sp³-hybridized carbons (Fsp3) is 0.211. The van der Waals surface area contributed by atoms with E-state index >= 15 is 0 Å². The van der Waals surface area contributed by atoms with Crippen LogP contribution in [0.2, 0.25) is 0 Å². The summed E-state index contributed by atoms with van der Waals surface area (Å²) in [6.45, 7) is 6.27. The minimum absolute atomic E-state index is 0.192. The predicted octanol–water partition coefficient (Wildman–Crippen LogP) is 4.40. The lowest BCUT2D eigenvalue weighted by Gasteiger charge is -2.10. The SMILES string of the molecule is Cc1ccc(C)c(-c2c3ccc(F)cc3cc(C)[n+]2C)c1. The molecule has 21 heavy (non-hydrogen) atoms. The monoisotopic (exact) mass is 280 g/mol. The van der Waals surface area contributed by atoms with E-state index in [1.54, 1.807) is 6.07 Å². The van der Waals surface area contributed by atoms with Gasteiger partial charge in [0.15, 0.2) is 5.69 Å². The summed E-state index contributed by atoms with van der Waals surface area (Å²) >= 11 is 0. The Hall–Kier alpha value is -2.22. The topological polar surface area (TPSA) is 3.88 Å². The molecule has 0 aliphatic carbocycles. The minimum atomic E-state index is -0.192. The van der Waals surface area contributed by atoms with Gasteiger partial charge in [0.05, 0.1) is 5.39 Å². The Balaban J connectivity index is 2.45. The van der Waals surface area contributed by atoms with Crippen molar-refractivity contribution in [2.24, 2.45) is 7.05 Å². The van der Waals surface area contributed by atoms with Crippen molar-refractivity contribution in [2.75, 3.05) is 0 Å².